The van der Waals surface area contributed by atoms with Gasteiger partial charge in [0.25, 0.3) is 0 Å². The number of rotatable bonds is 5. The number of aliphatic hydroxyl groups excluding tert-OH is 1. The molecule has 0 aliphatic heterocycles. The van der Waals surface area contributed by atoms with Gasteiger partial charge in [-0.15, -0.1) is 0 Å². The van der Waals surface area contributed by atoms with Crippen LogP contribution >= 0.6 is 0 Å². The Hall–Kier alpha value is -1.36. The molecule has 2 fully saturated rings. The van der Waals surface area contributed by atoms with Crippen LogP contribution in [0.1, 0.15) is 38.5 Å². The molecule has 0 bridgehead atoms. The maximum Gasteiger partial charge on any atom is 0.222 e. The average Bonchev–Trinajstić information content (AvgIpc) is 3.13. The van der Waals surface area contributed by atoms with Gasteiger partial charge in [0, 0.05) is 38.4 Å². The van der Waals surface area contributed by atoms with Gasteiger partial charge in [-0.05, 0) is 50.0 Å². The first-order valence-corrected chi connectivity index (χ1v) is 8.04. The van der Waals surface area contributed by atoms with Crippen molar-refractivity contribution < 1.29 is 9.90 Å². The summed E-state index contributed by atoms with van der Waals surface area (Å²) < 4.78 is 1.87. The van der Waals surface area contributed by atoms with Gasteiger partial charge < -0.3 is 10.0 Å². The second-order valence-corrected chi connectivity index (χ2v) is 6.65. The lowest BCUT2D eigenvalue weighted by Crippen LogP contribution is -2.36. The molecule has 5 nitrogen and oxygen atoms in total. The molecule has 2 aliphatic carbocycles. The molecule has 0 saturated heterocycles. The second-order valence-electron chi connectivity index (χ2n) is 6.65. The molecule has 1 heterocycles. The minimum atomic E-state index is -0.101. The Morgan fingerprint density at radius 2 is 2.05 bits per heavy atom. The molecule has 21 heavy (non-hydrogen) atoms. The van der Waals surface area contributed by atoms with Gasteiger partial charge in [0.1, 0.15) is 0 Å². The van der Waals surface area contributed by atoms with Crippen LogP contribution in [-0.4, -0.2) is 44.9 Å². The lowest BCUT2D eigenvalue weighted by Gasteiger charge is -2.25. The van der Waals surface area contributed by atoms with Gasteiger partial charge in [0.2, 0.25) is 5.91 Å². The van der Waals surface area contributed by atoms with Crippen molar-refractivity contribution >= 4 is 5.91 Å². The zero-order valence-corrected chi connectivity index (χ0v) is 12.7. The smallest absolute Gasteiger partial charge is 0.222 e. The van der Waals surface area contributed by atoms with Gasteiger partial charge in [-0.1, -0.05) is 0 Å². The van der Waals surface area contributed by atoms with Crippen LogP contribution in [0.2, 0.25) is 0 Å². The van der Waals surface area contributed by atoms with Crippen molar-refractivity contribution in [3.63, 3.8) is 0 Å². The van der Waals surface area contributed by atoms with Crippen LogP contribution in [0.4, 0.5) is 0 Å². The van der Waals surface area contributed by atoms with E-state index >= 15 is 0 Å². The highest BCUT2D eigenvalue weighted by molar-refractivity contribution is 5.76. The largest absolute Gasteiger partial charge is 0.393 e. The van der Waals surface area contributed by atoms with Crippen LogP contribution in [-0.2, 0) is 11.3 Å². The first-order valence-electron chi connectivity index (χ1n) is 8.04. The highest BCUT2D eigenvalue weighted by Crippen LogP contribution is 2.45. The van der Waals surface area contributed by atoms with E-state index in [1.54, 1.807) is 6.20 Å². The Balaban J connectivity index is 1.43. The van der Waals surface area contributed by atoms with Crippen LogP contribution in [0, 0.1) is 11.8 Å². The van der Waals surface area contributed by atoms with Gasteiger partial charge in [0.05, 0.1) is 6.10 Å². The van der Waals surface area contributed by atoms with E-state index in [-0.39, 0.29) is 12.0 Å². The number of carbonyl (C=O) groups is 1. The van der Waals surface area contributed by atoms with Crippen molar-refractivity contribution in [2.24, 2.45) is 11.8 Å². The third-order valence-electron chi connectivity index (χ3n) is 5.24. The summed E-state index contributed by atoms with van der Waals surface area (Å²) in [5.41, 5.74) is 0. The topological polar surface area (TPSA) is 58.4 Å². The van der Waals surface area contributed by atoms with Crippen molar-refractivity contribution in [2.75, 3.05) is 7.05 Å². The summed E-state index contributed by atoms with van der Waals surface area (Å²) in [4.78, 5) is 14.2. The van der Waals surface area contributed by atoms with Crippen LogP contribution in [0.3, 0.4) is 0 Å². The standard InChI is InChI=1S/C16H25N3O2/c1-18(14-8-12-10-15(20)11-13(12)9-14)16(21)4-2-6-19-7-3-5-17-19/h3,5,7,12-15,20H,2,4,6,8-11H2,1H3/t12-,13+,14?,15?. The van der Waals surface area contributed by atoms with E-state index in [2.05, 4.69) is 5.10 Å². The molecule has 2 unspecified atom stereocenters. The quantitative estimate of drug-likeness (QED) is 0.898. The fourth-order valence-electron chi connectivity index (χ4n) is 4.07. The molecule has 3 rings (SSSR count). The minimum Gasteiger partial charge on any atom is -0.393 e. The van der Waals surface area contributed by atoms with E-state index in [0.29, 0.717) is 24.3 Å². The molecule has 1 amide bonds. The summed E-state index contributed by atoms with van der Waals surface area (Å²) >= 11 is 0. The van der Waals surface area contributed by atoms with E-state index in [0.717, 1.165) is 38.6 Å². The number of hydrogen-bond acceptors (Lipinski definition) is 3. The van der Waals surface area contributed by atoms with Gasteiger partial charge in [-0.25, -0.2) is 0 Å². The first kappa shape index (κ1) is 14.6. The highest BCUT2D eigenvalue weighted by Gasteiger charge is 2.42. The Morgan fingerprint density at radius 1 is 1.33 bits per heavy atom. The maximum absolute atomic E-state index is 12.3. The summed E-state index contributed by atoms with van der Waals surface area (Å²) in [6, 6.07) is 2.28. The fourth-order valence-corrected chi connectivity index (χ4v) is 4.07. The molecule has 2 saturated carbocycles. The number of hydrogen-bond donors (Lipinski definition) is 1. The van der Waals surface area contributed by atoms with Crippen molar-refractivity contribution in [3.05, 3.63) is 18.5 Å². The highest BCUT2D eigenvalue weighted by atomic mass is 16.3. The van der Waals surface area contributed by atoms with Crippen molar-refractivity contribution in [3.8, 4) is 0 Å². The zero-order valence-electron chi connectivity index (χ0n) is 12.7. The SMILES string of the molecule is CN(C(=O)CCCn1cccn1)C1C[C@H]2CC(O)C[C@H]2C1. The van der Waals surface area contributed by atoms with Crippen molar-refractivity contribution in [1.29, 1.82) is 0 Å². The molecule has 1 N–H and O–H groups in total. The monoisotopic (exact) mass is 291 g/mol. The zero-order chi connectivity index (χ0) is 14.8. The summed E-state index contributed by atoms with van der Waals surface area (Å²) in [6.07, 6.45) is 9.03. The van der Waals surface area contributed by atoms with E-state index in [1.807, 2.05) is 28.9 Å². The lowest BCUT2D eigenvalue weighted by atomic mass is 10.0. The molecule has 1 aromatic rings. The Morgan fingerprint density at radius 3 is 2.67 bits per heavy atom. The fraction of sp³-hybridized carbons (Fsp3) is 0.750. The second kappa shape index (κ2) is 6.18. The van der Waals surface area contributed by atoms with Gasteiger partial charge >= 0.3 is 0 Å². The van der Waals surface area contributed by atoms with Crippen LogP contribution < -0.4 is 0 Å². The normalized spacial score (nSPS) is 31.3. The molecule has 0 aromatic carbocycles. The van der Waals surface area contributed by atoms with E-state index in [1.165, 1.54) is 0 Å². The molecular weight excluding hydrogens is 266 g/mol. The van der Waals surface area contributed by atoms with Gasteiger partial charge in [-0.2, -0.15) is 5.10 Å². The third-order valence-corrected chi connectivity index (χ3v) is 5.24. The number of amides is 1. The number of aliphatic hydroxyl groups is 1. The number of aryl methyl sites for hydroxylation is 1. The van der Waals surface area contributed by atoms with Gasteiger partial charge in [-0.3, -0.25) is 9.48 Å². The minimum absolute atomic E-state index is 0.101. The first-order chi connectivity index (χ1) is 10.1. The number of fused-ring (bicyclic) bond motifs is 1. The van der Waals surface area contributed by atoms with Crippen LogP contribution in [0.25, 0.3) is 0 Å². The number of nitrogens with zero attached hydrogens (tertiary/aromatic N) is 3. The predicted octanol–water partition coefficient (Wildman–Crippen LogP) is 1.67. The summed E-state index contributed by atoms with van der Waals surface area (Å²) in [7, 11) is 1.94. The summed E-state index contributed by atoms with van der Waals surface area (Å²) in [5, 5.41) is 13.8. The predicted molar refractivity (Wildman–Crippen MR) is 79.5 cm³/mol. The maximum atomic E-state index is 12.3. The molecule has 0 spiro atoms. The lowest BCUT2D eigenvalue weighted by molar-refractivity contribution is -0.132. The van der Waals surface area contributed by atoms with Gasteiger partial charge in [0.15, 0.2) is 0 Å². The van der Waals surface area contributed by atoms with E-state index < -0.39 is 0 Å². The van der Waals surface area contributed by atoms with Crippen molar-refractivity contribution in [2.45, 2.75) is 57.2 Å². The summed E-state index contributed by atoms with van der Waals surface area (Å²) in [5.74, 6) is 1.50. The Bertz CT molecular complexity index is 460. The number of carbonyl (C=O) groups excluding carboxylic acids is 1. The Kier molecular flexibility index (Phi) is 4.29. The third kappa shape index (κ3) is 3.28. The van der Waals surface area contributed by atoms with Crippen LogP contribution in [0.5, 0.6) is 0 Å². The molecule has 4 atom stereocenters. The number of aromatic nitrogens is 2. The molecule has 0 radical (unpaired) electrons. The molecule has 1 aromatic heterocycles. The molecular formula is C16H25N3O2. The van der Waals surface area contributed by atoms with Crippen LogP contribution in [0.15, 0.2) is 18.5 Å². The molecule has 116 valence electrons. The Labute approximate surface area is 125 Å². The van der Waals surface area contributed by atoms with E-state index in [9.17, 15) is 9.90 Å². The van der Waals surface area contributed by atoms with Crippen molar-refractivity contribution in [1.82, 2.24) is 14.7 Å². The molecule has 5 heteroatoms. The summed E-state index contributed by atoms with van der Waals surface area (Å²) in [6.45, 7) is 0.800. The van der Waals surface area contributed by atoms with E-state index in [4.69, 9.17) is 0 Å². The average molecular weight is 291 g/mol. The molecule has 2 aliphatic rings.